The van der Waals surface area contributed by atoms with Crippen LogP contribution in [0.15, 0.2) is 65.8 Å². The first-order valence-electron chi connectivity index (χ1n) is 10.1. The van der Waals surface area contributed by atoms with Gasteiger partial charge >= 0.3 is 0 Å². The first-order valence-corrected chi connectivity index (χ1v) is 10.1. The summed E-state index contributed by atoms with van der Waals surface area (Å²) in [6, 6.07) is 14.5. The Bertz CT molecular complexity index is 1260. The molecule has 0 saturated carbocycles. The van der Waals surface area contributed by atoms with Gasteiger partial charge in [0.1, 0.15) is 17.5 Å². The van der Waals surface area contributed by atoms with Gasteiger partial charge < -0.3 is 4.74 Å². The van der Waals surface area contributed by atoms with Crippen molar-refractivity contribution in [2.24, 2.45) is 0 Å². The standard InChI is InChI=1S/C23H23N5O3/c1-3-4-13-31-19-11-7-17(8-12-19)22(29)26-27-15-24-21-20(23(27)30)14-25-28(21)18-9-5-16(2)6-10-18/h5-12,14-15H,3-4,13H2,1-2H3,(H,26,29). The average molecular weight is 417 g/mol. The van der Waals surface area contributed by atoms with Gasteiger partial charge in [-0.2, -0.15) is 5.10 Å². The number of amides is 1. The maximum atomic E-state index is 12.8. The average Bonchev–Trinajstić information content (AvgIpc) is 3.22. The molecule has 0 radical (unpaired) electrons. The maximum Gasteiger partial charge on any atom is 0.283 e. The van der Waals surface area contributed by atoms with E-state index in [-0.39, 0.29) is 0 Å². The monoisotopic (exact) mass is 417 g/mol. The van der Waals surface area contributed by atoms with Crippen LogP contribution in [0, 0.1) is 6.92 Å². The molecule has 0 bridgehead atoms. The largest absolute Gasteiger partial charge is 0.494 e. The zero-order chi connectivity index (χ0) is 21.8. The summed E-state index contributed by atoms with van der Waals surface area (Å²) in [6.07, 6.45) is 4.77. The van der Waals surface area contributed by atoms with E-state index in [1.54, 1.807) is 28.9 Å². The maximum absolute atomic E-state index is 12.8. The van der Waals surface area contributed by atoms with Crippen LogP contribution in [0.4, 0.5) is 0 Å². The van der Waals surface area contributed by atoms with E-state index < -0.39 is 11.5 Å². The van der Waals surface area contributed by atoms with Crippen molar-refractivity contribution < 1.29 is 9.53 Å². The van der Waals surface area contributed by atoms with Crippen LogP contribution >= 0.6 is 0 Å². The Morgan fingerprint density at radius 2 is 1.84 bits per heavy atom. The fourth-order valence-electron chi connectivity index (χ4n) is 3.08. The summed E-state index contributed by atoms with van der Waals surface area (Å²) < 4.78 is 8.27. The minimum atomic E-state index is -0.422. The predicted molar refractivity (Wildman–Crippen MR) is 118 cm³/mol. The van der Waals surface area contributed by atoms with Gasteiger partial charge in [-0.1, -0.05) is 31.0 Å². The topological polar surface area (TPSA) is 91.0 Å². The highest BCUT2D eigenvalue weighted by atomic mass is 16.5. The van der Waals surface area contributed by atoms with Gasteiger partial charge in [0.25, 0.3) is 11.5 Å². The van der Waals surface area contributed by atoms with E-state index in [1.807, 2.05) is 31.2 Å². The lowest BCUT2D eigenvalue weighted by atomic mass is 10.2. The highest BCUT2D eigenvalue weighted by molar-refractivity contribution is 6.00. The molecule has 158 valence electrons. The first kappa shape index (κ1) is 20.3. The van der Waals surface area contributed by atoms with Gasteiger partial charge in [0.05, 0.1) is 18.5 Å². The molecule has 0 saturated heterocycles. The van der Waals surface area contributed by atoms with Gasteiger partial charge in [0.2, 0.25) is 0 Å². The molecular formula is C23H23N5O3. The number of rotatable bonds is 7. The molecule has 8 nitrogen and oxygen atoms in total. The van der Waals surface area contributed by atoms with E-state index in [4.69, 9.17) is 4.74 Å². The predicted octanol–water partition coefficient (Wildman–Crippen LogP) is 3.45. The number of carbonyl (C=O) groups excluding carboxylic acids is 1. The summed E-state index contributed by atoms with van der Waals surface area (Å²) in [5.41, 5.74) is 4.92. The van der Waals surface area contributed by atoms with E-state index in [0.717, 1.165) is 28.8 Å². The first-order chi connectivity index (χ1) is 15.1. The summed E-state index contributed by atoms with van der Waals surface area (Å²) in [6.45, 7) is 4.73. The van der Waals surface area contributed by atoms with Crippen molar-refractivity contribution in [2.75, 3.05) is 12.0 Å². The molecule has 0 aliphatic heterocycles. The SMILES string of the molecule is CCCCOc1ccc(C(=O)Nn2cnc3c(cnn3-c3ccc(C)cc3)c2=O)cc1. The van der Waals surface area contributed by atoms with Gasteiger partial charge in [-0.3, -0.25) is 15.0 Å². The molecule has 4 aromatic rings. The molecule has 0 spiro atoms. The Balaban J connectivity index is 1.53. The molecule has 4 rings (SSSR count). The smallest absolute Gasteiger partial charge is 0.283 e. The van der Waals surface area contributed by atoms with Crippen LogP contribution in [0.3, 0.4) is 0 Å². The lowest BCUT2D eigenvalue weighted by Crippen LogP contribution is -2.33. The number of carbonyl (C=O) groups is 1. The number of unbranched alkanes of at least 4 members (excludes halogenated alkanes) is 1. The highest BCUT2D eigenvalue weighted by Crippen LogP contribution is 2.15. The van der Waals surface area contributed by atoms with Gasteiger partial charge in [-0.05, 0) is 49.7 Å². The summed E-state index contributed by atoms with van der Waals surface area (Å²) in [5.74, 6) is 0.281. The van der Waals surface area contributed by atoms with Crippen molar-refractivity contribution in [1.29, 1.82) is 0 Å². The fraction of sp³-hybridized carbons (Fsp3) is 0.217. The molecular weight excluding hydrogens is 394 g/mol. The number of aromatic nitrogens is 4. The van der Waals surface area contributed by atoms with Gasteiger partial charge in [-0.25, -0.2) is 14.3 Å². The molecule has 0 aliphatic carbocycles. The van der Waals surface area contributed by atoms with E-state index in [1.165, 1.54) is 12.5 Å². The molecule has 0 unspecified atom stereocenters. The van der Waals surface area contributed by atoms with E-state index >= 15 is 0 Å². The van der Waals surface area contributed by atoms with E-state index in [2.05, 4.69) is 22.4 Å². The van der Waals surface area contributed by atoms with Crippen molar-refractivity contribution in [3.63, 3.8) is 0 Å². The molecule has 2 heterocycles. The van der Waals surface area contributed by atoms with Crippen LogP contribution in [-0.2, 0) is 0 Å². The molecule has 31 heavy (non-hydrogen) atoms. The number of ether oxygens (including phenoxy) is 1. The molecule has 0 aliphatic rings. The molecule has 8 heteroatoms. The van der Waals surface area contributed by atoms with Crippen molar-refractivity contribution in [1.82, 2.24) is 19.4 Å². The number of aryl methyl sites for hydroxylation is 1. The van der Waals surface area contributed by atoms with E-state index in [0.29, 0.717) is 29.0 Å². The van der Waals surface area contributed by atoms with Crippen LogP contribution in [0.2, 0.25) is 0 Å². The molecule has 2 aromatic carbocycles. The Hall–Kier alpha value is -3.94. The third kappa shape index (κ3) is 4.32. The lowest BCUT2D eigenvalue weighted by Gasteiger charge is -2.09. The third-order valence-electron chi connectivity index (χ3n) is 4.87. The number of hydrogen-bond acceptors (Lipinski definition) is 5. The Kier molecular flexibility index (Phi) is 5.79. The van der Waals surface area contributed by atoms with Gasteiger partial charge in [0, 0.05) is 5.56 Å². The minimum absolute atomic E-state index is 0.308. The van der Waals surface area contributed by atoms with Gasteiger partial charge in [0.15, 0.2) is 5.65 Å². The van der Waals surface area contributed by atoms with Crippen LogP contribution < -0.4 is 15.7 Å². The number of fused-ring (bicyclic) bond motifs is 1. The zero-order valence-electron chi connectivity index (χ0n) is 17.4. The number of nitrogens with zero attached hydrogens (tertiary/aromatic N) is 4. The fourth-order valence-corrected chi connectivity index (χ4v) is 3.08. The summed E-state index contributed by atoms with van der Waals surface area (Å²) in [4.78, 5) is 29.7. The second-order valence-corrected chi connectivity index (χ2v) is 7.22. The highest BCUT2D eigenvalue weighted by Gasteiger charge is 2.13. The minimum Gasteiger partial charge on any atom is -0.494 e. The third-order valence-corrected chi connectivity index (χ3v) is 4.87. The van der Waals surface area contributed by atoms with Crippen molar-refractivity contribution in [2.45, 2.75) is 26.7 Å². The summed E-state index contributed by atoms with van der Waals surface area (Å²) >= 11 is 0. The number of nitrogens with one attached hydrogen (secondary N) is 1. The Morgan fingerprint density at radius 1 is 1.10 bits per heavy atom. The lowest BCUT2D eigenvalue weighted by molar-refractivity contribution is 0.101. The molecule has 2 aromatic heterocycles. The van der Waals surface area contributed by atoms with Crippen molar-refractivity contribution in [3.05, 3.63) is 82.5 Å². The zero-order valence-corrected chi connectivity index (χ0v) is 17.4. The number of benzene rings is 2. The summed E-state index contributed by atoms with van der Waals surface area (Å²) in [7, 11) is 0. The molecule has 1 amide bonds. The van der Waals surface area contributed by atoms with E-state index in [9.17, 15) is 9.59 Å². The second-order valence-electron chi connectivity index (χ2n) is 7.22. The summed E-state index contributed by atoms with van der Waals surface area (Å²) in [5, 5.41) is 4.60. The Morgan fingerprint density at radius 3 is 2.55 bits per heavy atom. The van der Waals surface area contributed by atoms with Crippen molar-refractivity contribution >= 4 is 16.9 Å². The quantitative estimate of drug-likeness (QED) is 0.465. The van der Waals surface area contributed by atoms with Gasteiger partial charge in [-0.15, -0.1) is 0 Å². The van der Waals surface area contributed by atoms with Crippen LogP contribution in [0.5, 0.6) is 5.75 Å². The molecule has 0 atom stereocenters. The van der Waals surface area contributed by atoms with Crippen molar-refractivity contribution in [3.8, 4) is 11.4 Å². The normalized spacial score (nSPS) is 10.9. The molecule has 1 N–H and O–H groups in total. The Labute approximate surface area is 179 Å². The molecule has 0 fully saturated rings. The van der Waals surface area contributed by atoms with Crippen LogP contribution in [0.25, 0.3) is 16.7 Å². The number of hydrogen-bond donors (Lipinski definition) is 1. The van der Waals surface area contributed by atoms with Crippen LogP contribution in [-0.4, -0.2) is 32.0 Å². The second kappa shape index (κ2) is 8.83. The van der Waals surface area contributed by atoms with Crippen LogP contribution in [0.1, 0.15) is 35.7 Å².